The van der Waals surface area contributed by atoms with E-state index in [4.69, 9.17) is 0 Å². The van der Waals surface area contributed by atoms with Gasteiger partial charge in [0.25, 0.3) is 0 Å². The molecule has 1 saturated heterocycles. The van der Waals surface area contributed by atoms with Crippen molar-refractivity contribution in [3.8, 4) is 11.3 Å². The topological polar surface area (TPSA) is 59.2 Å². The normalized spacial score (nSPS) is 15.1. The van der Waals surface area contributed by atoms with Crippen molar-refractivity contribution in [3.05, 3.63) is 53.7 Å². The summed E-state index contributed by atoms with van der Waals surface area (Å²) in [6.07, 6.45) is 3.94. The van der Waals surface area contributed by atoms with E-state index in [0.717, 1.165) is 49.5 Å². The first kappa shape index (κ1) is 23.3. The molecule has 0 saturated carbocycles. The molecule has 164 valence electrons. The van der Waals surface area contributed by atoms with Crippen LogP contribution in [0.15, 0.2) is 36.5 Å². The van der Waals surface area contributed by atoms with E-state index in [9.17, 15) is 4.39 Å². The molecule has 6 nitrogen and oxygen atoms in total. The van der Waals surface area contributed by atoms with Gasteiger partial charge < -0.3 is 4.90 Å². The number of hydrogen-bond acceptors (Lipinski definition) is 5. The van der Waals surface area contributed by atoms with Crippen LogP contribution in [0, 0.1) is 12.7 Å². The number of likely N-dealkylation sites (tertiary alicyclic amines) is 1. The van der Waals surface area contributed by atoms with Gasteiger partial charge >= 0.3 is 0 Å². The van der Waals surface area contributed by atoms with E-state index in [1.807, 2.05) is 37.4 Å². The predicted octanol–water partition coefficient (Wildman–Crippen LogP) is 4.83. The number of aryl methyl sites for hydroxylation is 1. The van der Waals surface area contributed by atoms with Gasteiger partial charge in [-0.3, -0.25) is 0 Å². The number of halogens is 3. The molecule has 31 heavy (non-hydrogen) atoms. The lowest BCUT2D eigenvalue weighted by atomic mass is 9.92. The third-order valence-corrected chi connectivity index (χ3v) is 5.86. The van der Waals surface area contributed by atoms with Gasteiger partial charge in [0.2, 0.25) is 0 Å². The van der Waals surface area contributed by atoms with Gasteiger partial charge in [0.05, 0.1) is 28.8 Å². The van der Waals surface area contributed by atoms with Gasteiger partial charge in [-0.05, 0) is 69.7 Å². The van der Waals surface area contributed by atoms with Crippen molar-refractivity contribution in [2.24, 2.45) is 0 Å². The molecule has 1 fully saturated rings. The van der Waals surface area contributed by atoms with Crippen molar-refractivity contribution in [1.29, 1.82) is 0 Å². The van der Waals surface area contributed by atoms with Crippen LogP contribution < -0.4 is 0 Å². The highest BCUT2D eigenvalue weighted by molar-refractivity contribution is 5.86. The average Bonchev–Trinajstić information content (AvgIpc) is 3.12. The van der Waals surface area contributed by atoms with Crippen molar-refractivity contribution in [2.75, 3.05) is 19.6 Å². The van der Waals surface area contributed by atoms with E-state index < -0.39 is 0 Å². The lowest BCUT2D eigenvalue weighted by Crippen LogP contribution is -2.32. The Labute approximate surface area is 192 Å². The fourth-order valence-electron chi connectivity index (χ4n) is 4.16. The maximum Gasteiger partial charge on any atom is 0.153 e. The minimum atomic E-state index is -0.289. The summed E-state index contributed by atoms with van der Waals surface area (Å²) in [7, 11) is 0. The molecular weight excluding hydrogens is 438 g/mol. The Morgan fingerprint density at radius 3 is 2.58 bits per heavy atom. The first-order chi connectivity index (χ1) is 14.1. The molecule has 0 amide bonds. The van der Waals surface area contributed by atoms with Gasteiger partial charge in [-0.15, -0.1) is 24.8 Å². The Kier molecular flexibility index (Phi) is 7.09. The Hall–Kier alpha value is -2.35. The van der Waals surface area contributed by atoms with Gasteiger partial charge in [0.15, 0.2) is 5.65 Å². The number of piperidine rings is 1. The van der Waals surface area contributed by atoms with Gasteiger partial charge in [0, 0.05) is 16.9 Å². The van der Waals surface area contributed by atoms with Crippen LogP contribution in [-0.4, -0.2) is 49.3 Å². The minimum absolute atomic E-state index is 0. The van der Waals surface area contributed by atoms with E-state index >= 15 is 0 Å². The van der Waals surface area contributed by atoms with Gasteiger partial charge in [-0.1, -0.05) is 6.92 Å². The first-order valence-electron chi connectivity index (χ1n) is 10.1. The lowest BCUT2D eigenvalue weighted by Gasteiger charge is -2.30. The van der Waals surface area contributed by atoms with Crippen molar-refractivity contribution in [1.82, 2.24) is 29.7 Å². The average molecular weight is 463 g/mol. The second kappa shape index (κ2) is 9.42. The second-order valence-corrected chi connectivity index (χ2v) is 7.77. The molecule has 5 rings (SSSR count). The van der Waals surface area contributed by atoms with E-state index in [1.165, 1.54) is 6.07 Å². The standard InChI is InChI=1S/C22H23FN6.2ClH/c1-3-28-8-6-15(7-9-28)20-12-17-18(23)10-16(11-21(17)26-25-20)19-4-5-22-24-14(2)13-29(22)27-19;;/h4-5,10-13,15H,3,6-9H2,1-2H3;2*1H. The molecule has 1 aliphatic rings. The number of aromatic nitrogens is 5. The van der Waals surface area contributed by atoms with Gasteiger partial charge in [0.1, 0.15) is 5.82 Å². The van der Waals surface area contributed by atoms with Gasteiger partial charge in [-0.2, -0.15) is 15.3 Å². The Bertz CT molecular complexity index is 1200. The summed E-state index contributed by atoms with van der Waals surface area (Å²) in [6, 6.07) is 9.00. The third-order valence-electron chi connectivity index (χ3n) is 5.86. The number of rotatable bonds is 3. The van der Waals surface area contributed by atoms with E-state index in [0.29, 0.717) is 28.1 Å². The quantitative estimate of drug-likeness (QED) is 0.436. The van der Waals surface area contributed by atoms with Crippen LogP contribution >= 0.6 is 24.8 Å². The molecule has 0 bridgehead atoms. The number of hydrogen-bond donors (Lipinski definition) is 0. The van der Waals surface area contributed by atoms with Crippen LogP contribution in [0.5, 0.6) is 0 Å². The zero-order chi connectivity index (χ0) is 20.0. The highest BCUT2D eigenvalue weighted by Crippen LogP contribution is 2.30. The molecule has 3 aromatic heterocycles. The fourth-order valence-corrected chi connectivity index (χ4v) is 4.16. The SMILES string of the molecule is CCN1CCC(c2cc3c(F)cc(-c4ccc5nc(C)cn5n4)cc3nn2)CC1.Cl.Cl. The molecule has 0 unspecified atom stereocenters. The second-order valence-electron chi connectivity index (χ2n) is 7.77. The van der Waals surface area contributed by atoms with Crippen molar-refractivity contribution in [2.45, 2.75) is 32.6 Å². The summed E-state index contributed by atoms with van der Waals surface area (Å²) in [5.74, 6) is 0.0608. The molecule has 0 N–H and O–H groups in total. The summed E-state index contributed by atoms with van der Waals surface area (Å²) in [5.41, 5.74) is 4.47. The number of benzene rings is 1. The highest BCUT2D eigenvalue weighted by atomic mass is 35.5. The molecule has 4 aromatic rings. The van der Waals surface area contributed by atoms with Crippen LogP contribution in [0.4, 0.5) is 4.39 Å². The van der Waals surface area contributed by atoms with Crippen LogP contribution in [0.1, 0.15) is 37.1 Å². The zero-order valence-corrected chi connectivity index (χ0v) is 19.1. The summed E-state index contributed by atoms with van der Waals surface area (Å²) in [4.78, 5) is 6.81. The third kappa shape index (κ3) is 4.49. The number of imidazole rings is 1. The zero-order valence-electron chi connectivity index (χ0n) is 17.5. The predicted molar refractivity (Wildman–Crippen MR) is 125 cm³/mol. The molecule has 1 aromatic carbocycles. The number of fused-ring (bicyclic) bond motifs is 2. The largest absolute Gasteiger partial charge is 0.304 e. The first-order valence-corrected chi connectivity index (χ1v) is 10.1. The van der Waals surface area contributed by atoms with E-state index in [1.54, 1.807) is 4.52 Å². The van der Waals surface area contributed by atoms with Crippen LogP contribution in [0.25, 0.3) is 27.8 Å². The van der Waals surface area contributed by atoms with Gasteiger partial charge in [-0.25, -0.2) is 13.9 Å². The molecule has 0 spiro atoms. The summed E-state index contributed by atoms with van der Waals surface area (Å²) in [5, 5.41) is 13.9. The minimum Gasteiger partial charge on any atom is -0.304 e. The Balaban J connectivity index is 0.00000136. The van der Waals surface area contributed by atoms with Crippen LogP contribution in [-0.2, 0) is 0 Å². The van der Waals surface area contributed by atoms with Crippen molar-refractivity contribution < 1.29 is 4.39 Å². The summed E-state index contributed by atoms with van der Waals surface area (Å²) < 4.78 is 16.7. The van der Waals surface area contributed by atoms with E-state index in [-0.39, 0.29) is 30.6 Å². The maximum atomic E-state index is 15.0. The molecule has 0 radical (unpaired) electrons. The lowest BCUT2D eigenvalue weighted by molar-refractivity contribution is 0.220. The molecule has 0 atom stereocenters. The molecule has 0 aliphatic carbocycles. The number of nitrogens with zero attached hydrogens (tertiary/aromatic N) is 6. The highest BCUT2D eigenvalue weighted by Gasteiger charge is 2.22. The summed E-state index contributed by atoms with van der Waals surface area (Å²) >= 11 is 0. The Morgan fingerprint density at radius 2 is 1.84 bits per heavy atom. The Morgan fingerprint density at radius 1 is 1.06 bits per heavy atom. The van der Waals surface area contributed by atoms with Crippen molar-refractivity contribution in [3.63, 3.8) is 0 Å². The maximum absolute atomic E-state index is 15.0. The molecular formula is C22H25Cl2FN6. The molecule has 1 aliphatic heterocycles. The van der Waals surface area contributed by atoms with E-state index in [2.05, 4.69) is 32.1 Å². The monoisotopic (exact) mass is 462 g/mol. The summed E-state index contributed by atoms with van der Waals surface area (Å²) in [6.45, 7) is 7.30. The van der Waals surface area contributed by atoms with Crippen molar-refractivity contribution >= 4 is 41.4 Å². The molecule has 9 heteroatoms. The molecule has 4 heterocycles. The van der Waals surface area contributed by atoms with Crippen LogP contribution in [0.3, 0.4) is 0 Å². The smallest absolute Gasteiger partial charge is 0.153 e. The fraction of sp³-hybridized carbons (Fsp3) is 0.364. The van der Waals surface area contributed by atoms with Crippen LogP contribution in [0.2, 0.25) is 0 Å².